The highest BCUT2D eigenvalue weighted by Crippen LogP contribution is 2.14. The van der Waals surface area contributed by atoms with Gasteiger partial charge in [-0.15, -0.1) is 0 Å². The summed E-state index contributed by atoms with van der Waals surface area (Å²) >= 11 is 0. The molecule has 1 saturated heterocycles. The van der Waals surface area contributed by atoms with Gasteiger partial charge in [-0.05, 0) is 50.3 Å². The van der Waals surface area contributed by atoms with Crippen LogP contribution in [0.3, 0.4) is 0 Å². The fourth-order valence-corrected chi connectivity index (χ4v) is 3.06. The maximum atomic E-state index is 12.4. The molecule has 132 valence electrons. The third-order valence-electron chi connectivity index (χ3n) is 4.59. The summed E-state index contributed by atoms with van der Waals surface area (Å²) in [5, 5.41) is 2.88. The standard InChI is InChI=1S/C19H29N3O2/c1-3-11-19(2,20)18(24)21-14-15-7-9-16(10-8-15)17(23)22-12-5-4-6-13-22/h7-10H,3-6,11-14,20H2,1-2H3,(H,21,24). The molecular formula is C19H29N3O2. The highest BCUT2D eigenvalue weighted by Gasteiger charge is 2.26. The van der Waals surface area contributed by atoms with Gasteiger partial charge < -0.3 is 16.0 Å². The minimum absolute atomic E-state index is 0.0998. The van der Waals surface area contributed by atoms with Gasteiger partial charge >= 0.3 is 0 Å². The Balaban J connectivity index is 1.90. The molecule has 0 aliphatic carbocycles. The average molecular weight is 331 g/mol. The fourth-order valence-electron chi connectivity index (χ4n) is 3.06. The van der Waals surface area contributed by atoms with Crippen LogP contribution >= 0.6 is 0 Å². The molecule has 1 aromatic rings. The minimum atomic E-state index is -0.834. The van der Waals surface area contributed by atoms with Crippen LogP contribution in [-0.2, 0) is 11.3 Å². The lowest BCUT2D eigenvalue weighted by Crippen LogP contribution is -2.51. The molecule has 1 aliphatic heterocycles. The van der Waals surface area contributed by atoms with Gasteiger partial charge in [0, 0.05) is 25.2 Å². The molecule has 2 amide bonds. The number of piperidine rings is 1. The maximum Gasteiger partial charge on any atom is 0.253 e. The van der Waals surface area contributed by atoms with Crippen LogP contribution in [0.1, 0.15) is 61.9 Å². The van der Waals surface area contributed by atoms with Gasteiger partial charge in [-0.3, -0.25) is 9.59 Å². The van der Waals surface area contributed by atoms with E-state index in [9.17, 15) is 9.59 Å². The van der Waals surface area contributed by atoms with Gasteiger partial charge in [0.05, 0.1) is 5.54 Å². The summed E-state index contributed by atoms with van der Waals surface area (Å²) in [6.07, 6.45) is 4.91. The van der Waals surface area contributed by atoms with Gasteiger partial charge in [-0.2, -0.15) is 0 Å². The molecule has 24 heavy (non-hydrogen) atoms. The molecule has 3 N–H and O–H groups in total. The zero-order valence-electron chi connectivity index (χ0n) is 14.8. The Morgan fingerprint density at radius 2 is 1.79 bits per heavy atom. The van der Waals surface area contributed by atoms with Gasteiger partial charge in [0.25, 0.3) is 5.91 Å². The van der Waals surface area contributed by atoms with Crippen molar-refractivity contribution in [1.29, 1.82) is 0 Å². The molecule has 2 rings (SSSR count). The van der Waals surface area contributed by atoms with E-state index in [0.717, 1.165) is 37.9 Å². The van der Waals surface area contributed by atoms with Crippen LogP contribution in [0.4, 0.5) is 0 Å². The van der Waals surface area contributed by atoms with E-state index >= 15 is 0 Å². The summed E-state index contributed by atoms with van der Waals surface area (Å²) in [4.78, 5) is 26.5. The second-order valence-corrected chi connectivity index (χ2v) is 6.90. The second-order valence-electron chi connectivity index (χ2n) is 6.90. The molecule has 0 spiro atoms. The molecule has 1 unspecified atom stereocenters. The number of benzene rings is 1. The Labute approximate surface area is 144 Å². The lowest BCUT2D eigenvalue weighted by molar-refractivity contribution is -0.126. The normalized spacial score (nSPS) is 17.2. The van der Waals surface area contributed by atoms with Crippen LogP contribution in [0.25, 0.3) is 0 Å². The number of nitrogens with zero attached hydrogens (tertiary/aromatic N) is 1. The molecule has 1 atom stereocenters. The van der Waals surface area contributed by atoms with E-state index in [0.29, 0.717) is 18.5 Å². The van der Waals surface area contributed by atoms with Gasteiger partial charge in [0.1, 0.15) is 0 Å². The van der Waals surface area contributed by atoms with Crippen molar-refractivity contribution in [2.45, 2.75) is 58.0 Å². The van der Waals surface area contributed by atoms with Crippen molar-refractivity contribution in [2.24, 2.45) is 5.73 Å². The summed E-state index contributed by atoms with van der Waals surface area (Å²) in [5.41, 5.74) is 6.86. The molecule has 5 heteroatoms. The van der Waals surface area contributed by atoms with E-state index in [1.807, 2.05) is 36.1 Å². The van der Waals surface area contributed by atoms with E-state index in [2.05, 4.69) is 5.32 Å². The van der Waals surface area contributed by atoms with Crippen LogP contribution in [0.5, 0.6) is 0 Å². The molecule has 1 fully saturated rings. The SMILES string of the molecule is CCCC(C)(N)C(=O)NCc1ccc(C(=O)N2CCCCC2)cc1. The molecule has 1 aromatic carbocycles. The van der Waals surface area contributed by atoms with E-state index < -0.39 is 5.54 Å². The average Bonchev–Trinajstić information content (AvgIpc) is 2.60. The van der Waals surface area contributed by atoms with E-state index in [1.165, 1.54) is 6.42 Å². The van der Waals surface area contributed by atoms with Crippen molar-refractivity contribution < 1.29 is 9.59 Å². The number of amides is 2. The van der Waals surface area contributed by atoms with Gasteiger partial charge in [0.15, 0.2) is 0 Å². The first-order valence-corrected chi connectivity index (χ1v) is 8.89. The molecule has 5 nitrogen and oxygen atoms in total. The zero-order valence-corrected chi connectivity index (χ0v) is 14.8. The van der Waals surface area contributed by atoms with Gasteiger partial charge in [0.2, 0.25) is 5.91 Å². The Morgan fingerprint density at radius 3 is 2.38 bits per heavy atom. The topological polar surface area (TPSA) is 75.4 Å². The Morgan fingerprint density at radius 1 is 1.17 bits per heavy atom. The number of nitrogens with one attached hydrogen (secondary N) is 1. The molecule has 0 bridgehead atoms. The minimum Gasteiger partial charge on any atom is -0.350 e. The van der Waals surface area contributed by atoms with E-state index in [-0.39, 0.29) is 11.8 Å². The first-order chi connectivity index (χ1) is 11.4. The second kappa shape index (κ2) is 8.29. The maximum absolute atomic E-state index is 12.4. The predicted octanol–water partition coefficient (Wildman–Crippen LogP) is 2.45. The van der Waals surface area contributed by atoms with Crippen LogP contribution < -0.4 is 11.1 Å². The lowest BCUT2D eigenvalue weighted by Gasteiger charge is -2.26. The zero-order chi connectivity index (χ0) is 17.6. The van der Waals surface area contributed by atoms with Crippen molar-refractivity contribution in [1.82, 2.24) is 10.2 Å². The van der Waals surface area contributed by atoms with Crippen molar-refractivity contribution in [3.8, 4) is 0 Å². The van der Waals surface area contributed by atoms with Gasteiger partial charge in [-0.25, -0.2) is 0 Å². The van der Waals surface area contributed by atoms with Gasteiger partial charge in [-0.1, -0.05) is 25.5 Å². The number of rotatable bonds is 6. The monoisotopic (exact) mass is 331 g/mol. The number of hydrogen-bond acceptors (Lipinski definition) is 3. The largest absolute Gasteiger partial charge is 0.350 e. The highest BCUT2D eigenvalue weighted by atomic mass is 16.2. The molecule has 0 aromatic heterocycles. The summed E-state index contributed by atoms with van der Waals surface area (Å²) < 4.78 is 0. The van der Waals surface area contributed by atoms with Crippen molar-refractivity contribution in [2.75, 3.05) is 13.1 Å². The summed E-state index contributed by atoms with van der Waals surface area (Å²) in [6, 6.07) is 7.47. The van der Waals surface area contributed by atoms with Crippen molar-refractivity contribution in [3.63, 3.8) is 0 Å². The summed E-state index contributed by atoms with van der Waals surface area (Å²) in [5.74, 6) is -0.0411. The molecule has 1 heterocycles. The number of carbonyl (C=O) groups excluding carboxylic acids is 2. The highest BCUT2D eigenvalue weighted by molar-refractivity contribution is 5.94. The molecule has 0 saturated carbocycles. The van der Waals surface area contributed by atoms with Crippen LogP contribution in [0.15, 0.2) is 24.3 Å². The van der Waals surface area contributed by atoms with E-state index in [1.54, 1.807) is 6.92 Å². The Hall–Kier alpha value is -1.88. The predicted molar refractivity (Wildman–Crippen MR) is 95.5 cm³/mol. The number of carbonyl (C=O) groups is 2. The number of nitrogens with two attached hydrogens (primary N) is 1. The lowest BCUT2D eigenvalue weighted by atomic mass is 9.96. The smallest absolute Gasteiger partial charge is 0.253 e. The quantitative estimate of drug-likeness (QED) is 0.841. The van der Waals surface area contributed by atoms with Crippen LogP contribution in [0.2, 0.25) is 0 Å². The Kier molecular flexibility index (Phi) is 6.37. The summed E-state index contributed by atoms with van der Waals surface area (Å²) in [7, 11) is 0. The van der Waals surface area contributed by atoms with Crippen molar-refractivity contribution >= 4 is 11.8 Å². The molecule has 0 radical (unpaired) electrons. The summed E-state index contributed by atoms with van der Waals surface area (Å²) in [6.45, 7) is 5.89. The molecule has 1 aliphatic rings. The fraction of sp³-hybridized carbons (Fsp3) is 0.579. The first-order valence-electron chi connectivity index (χ1n) is 8.89. The third kappa shape index (κ3) is 4.81. The van der Waals surface area contributed by atoms with Crippen LogP contribution in [-0.4, -0.2) is 35.3 Å². The van der Waals surface area contributed by atoms with Crippen LogP contribution in [0, 0.1) is 0 Å². The Bertz CT molecular complexity index is 560. The first kappa shape index (κ1) is 18.5. The van der Waals surface area contributed by atoms with Crippen molar-refractivity contribution in [3.05, 3.63) is 35.4 Å². The van der Waals surface area contributed by atoms with E-state index in [4.69, 9.17) is 5.73 Å². The third-order valence-corrected chi connectivity index (χ3v) is 4.59. The number of likely N-dealkylation sites (tertiary alicyclic amines) is 1. The number of hydrogen-bond donors (Lipinski definition) is 2. The molecular weight excluding hydrogens is 302 g/mol.